The van der Waals surface area contributed by atoms with Crippen LogP contribution in [0.5, 0.6) is 0 Å². The van der Waals surface area contributed by atoms with E-state index in [1.54, 1.807) is 0 Å². The van der Waals surface area contributed by atoms with E-state index in [1.807, 2.05) is 30.3 Å². The van der Waals surface area contributed by atoms with Gasteiger partial charge in [0.15, 0.2) is 6.17 Å². The van der Waals surface area contributed by atoms with Gasteiger partial charge in [0.05, 0.1) is 24.8 Å². The van der Waals surface area contributed by atoms with Gasteiger partial charge in [-0.15, -0.1) is 0 Å². The molecular weight excluding hydrogens is 249 g/mol. The Hall–Kier alpha value is -2.37. The number of alkyl halides is 1. The number of ether oxygens (including phenoxy) is 1. The van der Waals surface area contributed by atoms with E-state index >= 15 is 0 Å². The molecule has 0 bridgehead atoms. The van der Waals surface area contributed by atoms with Gasteiger partial charge in [-0.25, -0.2) is 14.2 Å². The number of alkyl carbamates (subject to hydrolysis) is 1. The molecule has 19 heavy (non-hydrogen) atoms. The molecule has 1 aromatic carbocycles. The van der Waals surface area contributed by atoms with Crippen molar-refractivity contribution in [2.24, 2.45) is 0 Å². The van der Waals surface area contributed by atoms with Gasteiger partial charge in [0.1, 0.15) is 6.61 Å². The second-order valence-corrected chi connectivity index (χ2v) is 3.92. The molecule has 0 fully saturated rings. The number of nitrogens with zero attached hydrogens (tertiary/aromatic N) is 1. The highest BCUT2D eigenvalue weighted by atomic mass is 19.1. The molecule has 0 saturated carbocycles. The van der Waals surface area contributed by atoms with Gasteiger partial charge < -0.3 is 15.0 Å². The number of rotatable bonds is 5. The van der Waals surface area contributed by atoms with E-state index in [-0.39, 0.29) is 13.2 Å². The number of halogens is 1. The molecule has 0 aliphatic rings. The van der Waals surface area contributed by atoms with E-state index in [1.165, 1.54) is 12.5 Å². The molecule has 0 aliphatic heterocycles. The highest BCUT2D eigenvalue weighted by Gasteiger charge is 2.12. The summed E-state index contributed by atoms with van der Waals surface area (Å²) in [6.07, 6.45) is 0.787. The van der Waals surface area contributed by atoms with Gasteiger partial charge >= 0.3 is 6.09 Å². The van der Waals surface area contributed by atoms with Crippen molar-refractivity contribution in [3.05, 3.63) is 54.1 Å². The third-order valence-corrected chi connectivity index (χ3v) is 2.50. The molecule has 1 amide bonds. The molecule has 6 heteroatoms. The van der Waals surface area contributed by atoms with Crippen LogP contribution in [0.25, 0.3) is 0 Å². The first kappa shape index (κ1) is 13.1. The fourth-order valence-electron chi connectivity index (χ4n) is 1.49. The summed E-state index contributed by atoms with van der Waals surface area (Å²) in [5, 5.41) is 2.36. The van der Waals surface area contributed by atoms with Crippen molar-refractivity contribution in [3.63, 3.8) is 0 Å². The van der Waals surface area contributed by atoms with E-state index in [2.05, 4.69) is 15.3 Å². The Balaban J connectivity index is 1.70. The Morgan fingerprint density at radius 2 is 2.21 bits per heavy atom. The number of carbonyl (C=O) groups is 1. The third kappa shape index (κ3) is 4.09. The van der Waals surface area contributed by atoms with Gasteiger partial charge in [-0.05, 0) is 5.56 Å². The van der Waals surface area contributed by atoms with Gasteiger partial charge in [0, 0.05) is 0 Å². The molecule has 2 N–H and O–H groups in total. The summed E-state index contributed by atoms with van der Waals surface area (Å²) in [6.45, 7) is 0.00347. The molecule has 2 rings (SSSR count). The minimum Gasteiger partial charge on any atom is -0.445 e. The number of carbonyl (C=O) groups excluding carboxylic acids is 1. The molecule has 1 aromatic heterocycles. The maximum Gasteiger partial charge on any atom is 0.407 e. The van der Waals surface area contributed by atoms with E-state index < -0.39 is 12.3 Å². The first-order valence-corrected chi connectivity index (χ1v) is 5.82. The van der Waals surface area contributed by atoms with Crippen LogP contribution >= 0.6 is 0 Å². The summed E-state index contributed by atoms with van der Waals surface area (Å²) < 4.78 is 18.5. The zero-order chi connectivity index (χ0) is 13.5. The summed E-state index contributed by atoms with van der Waals surface area (Å²) in [7, 11) is 0. The van der Waals surface area contributed by atoms with Crippen molar-refractivity contribution in [2.45, 2.75) is 12.8 Å². The maximum absolute atomic E-state index is 13.6. The minimum atomic E-state index is -1.33. The SMILES string of the molecule is O=C(NCC(F)c1cnc[nH]1)OCc1ccccc1. The molecule has 1 heterocycles. The Labute approximate surface area is 109 Å². The first-order chi connectivity index (χ1) is 9.25. The number of H-pyrrole nitrogens is 1. The summed E-state index contributed by atoms with van der Waals surface area (Å²) >= 11 is 0. The normalized spacial score (nSPS) is 11.8. The van der Waals surface area contributed by atoms with Crippen molar-refractivity contribution in [3.8, 4) is 0 Å². The monoisotopic (exact) mass is 263 g/mol. The van der Waals surface area contributed by atoms with Crippen LogP contribution in [0.2, 0.25) is 0 Å². The van der Waals surface area contributed by atoms with Crippen LogP contribution in [0.4, 0.5) is 9.18 Å². The van der Waals surface area contributed by atoms with Gasteiger partial charge in [0.2, 0.25) is 0 Å². The molecule has 5 nitrogen and oxygen atoms in total. The van der Waals surface area contributed by atoms with E-state index in [0.29, 0.717) is 5.69 Å². The predicted octanol–water partition coefficient (Wildman–Crippen LogP) is 2.35. The first-order valence-electron chi connectivity index (χ1n) is 5.82. The van der Waals surface area contributed by atoms with Crippen molar-refractivity contribution < 1.29 is 13.9 Å². The molecule has 1 atom stereocenters. The summed E-state index contributed by atoms with van der Waals surface area (Å²) in [6, 6.07) is 9.27. The molecule has 1 unspecified atom stereocenters. The number of aromatic amines is 1. The molecule has 0 saturated heterocycles. The number of amides is 1. The van der Waals surface area contributed by atoms with Crippen LogP contribution in [0.3, 0.4) is 0 Å². The Kier molecular flexibility index (Phi) is 4.49. The molecule has 0 aliphatic carbocycles. The quantitative estimate of drug-likeness (QED) is 0.870. The van der Waals surface area contributed by atoms with E-state index in [4.69, 9.17) is 4.74 Å². The van der Waals surface area contributed by atoms with Gasteiger partial charge in [-0.2, -0.15) is 0 Å². The second kappa shape index (κ2) is 6.53. The molecule has 0 radical (unpaired) electrons. The number of aromatic nitrogens is 2. The van der Waals surface area contributed by atoms with Crippen LogP contribution in [-0.4, -0.2) is 22.6 Å². The zero-order valence-corrected chi connectivity index (χ0v) is 10.2. The topological polar surface area (TPSA) is 67.0 Å². The zero-order valence-electron chi connectivity index (χ0n) is 10.2. The highest BCUT2D eigenvalue weighted by molar-refractivity contribution is 5.67. The average Bonchev–Trinajstić information content (AvgIpc) is 2.98. The van der Waals surface area contributed by atoms with Gasteiger partial charge in [-0.1, -0.05) is 30.3 Å². The Morgan fingerprint density at radius 1 is 1.42 bits per heavy atom. The van der Waals surface area contributed by atoms with Crippen LogP contribution in [0.1, 0.15) is 17.4 Å². The van der Waals surface area contributed by atoms with Crippen molar-refractivity contribution >= 4 is 6.09 Å². The van der Waals surface area contributed by atoms with Gasteiger partial charge in [0.25, 0.3) is 0 Å². The van der Waals surface area contributed by atoms with Crippen molar-refractivity contribution in [2.75, 3.05) is 6.54 Å². The molecule has 100 valence electrons. The molecule has 0 spiro atoms. The lowest BCUT2D eigenvalue weighted by molar-refractivity contribution is 0.136. The number of hydrogen-bond donors (Lipinski definition) is 2. The lowest BCUT2D eigenvalue weighted by Gasteiger charge is -2.09. The molecule has 2 aromatic rings. The molecular formula is C13H14FN3O2. The smallest absolute Gasteiger partial charge is 0.407 e. The van der Waals surface area contributed by atoms with Gasteiger partial charge in [-0.3, -0.25) is 0 Å². The second-order valence-electron chi connectivity index (χ2n) is 3.92. The van der Waals surface area contributed by atoms with Crippen LogP contribution < -0.4 is 5.32 Å². The lowest BCUT2D eigenvalue weighted by atomic mass is 10.2. The highest BCUT2D eigenvalue weighted by Crippen LogP contribution is 2.12. The predicted molar refractivity (Wildman–Crippen MR) is 67.1 cm³/mol. The summed E-state index contributed by atoms with van der Waals surface area (Å²) in [5.41, 5.74) is 1.20. The number of nitrogens with one attached hydrogen (secondary N) is 2. The fraction of sp³-hybridized carbons (Fsp3) is 0.231. The number of imidazole rings is 1. The number of hydrogen-bond acceptors (Lipinski definition) is 3. The van der Waals surface area contributed by atoms with Crippen LogP contribution in [0, 0.1) is 0 Å². The third-order valence-electron chi connectivity index (χ3n) is 2.50. The van der Waals surface area contributed by atoms with Crippen molar-refractivity contribution in [1.82, 2.24) is 15.3 Å². The standard InChI is InChI=1S/C13H14FN3O2/c14-11(12-7-15-9-17-12)6-16-13(18)19-8-10-4-2-1-3-5-10/h1-5,7,9,11H,6,8H2,(H,15,17)(H,16,18). The summed E-state index contributed by atoms with van der Waals surface area (Å²) in [4.78, 5) is 17.7. The summed E-state index contributed by atoms with van der Waals surface area (Å²) in [5.74, 6) is 0. The number of benzene rings is 1. The Morgan fingerprint density at radius 3 is 2.89 bits per heavy atom. The minimum absolute atomic E-state index is 0.157. The maximum atomic E-state index is 13.6. The largest absolute Gasteiger partial charge is 0.445 e. The lowest BCUT2D eigenvalue weighted by Crippen LogP contribution is -2.27. The fourth-order valence-corrected chi connectivity index (χ4v) is 1.49. The van der Waals surface area contributed by atoms with E-state index in [9.17, 15) is 9.18 Å². The van der Waals surface area contributed by atoms with Crippen LogP contribution in [-0.2, 0) is 11.3 Å². The van der Waals surface area contributed by atoms with Crippen molar-refractivity contribution in [1.29, 1.82) is 0 Å². The van der Waals surface area contributed by atoms with Crippen LogP contribution in [0.15, 0.2) is 42.9 Å². The Bertz CT molecular complexity index is 502. The van der Waals surface area contributed by atoms with E-state index in [0.717, 1.165) is 5.56 Å². The average molecular weight is 263 g/mol.